The molecule has 20 heavy (non-hydrogen) atoms. The van der Waals surface area contributed by atoms with Crippen molar-refractivity contribution in [3.63, 3.8) is 0 Å². The van der Waals surface area contributed by atoms with Crippen LogP contribution in [-0.4, -0.2) is 22.1 Å². The third-order valence-corrected chi connectivity index (χ3v) is 7.33. The second kappa shape index (κ2) is 6.87. The molecule has 1 atom stereocenters. The lowest BCUT2D eigenvalue weighted by Gasteiger charge is -2.14. The van der Waals surface area contributed by atoms with Crippen LogP contribution >= 0.6 is 50.2 Å². The molecule has 0 aliphatic heterocycles. The van der Waals surface area contributed by atoms with Crippen molar-refractivity contribution in [2.45, 2.75) is 10.3 Å². The SMILES string of the molecule is CO[C@@H](CNS(=O)(=O)c1ccc(Br)s1)c1ccc(Cl)s1. The predicted octanol–water partition coefficient (Wildman–Crippen LogP) is 3.89. The summed E-state index contributed by atoms with van der Waals surface area (Å²) in [5.74, 6) is 0. The Balaban J connectivity index is 2.06. The topological polar surface area (TPSA) is 55.4 Å². The van der Waals surface area contributed by atoms with Gasteiger partial charge in [-0.15, -0.1) is 22.7 Å². The third kappa shape index (κ3) is 4.03. The Hall–Kier alpha value is 0.0400. The van der Waals surface area contributed by atoms with Crippen LogP contribution in [0.25, 0.3) is 0 Å². The van der Waals surface area contributed by atoms with Gasteiger partial charge in [0, 0.05) is 18.5 Å². The van der Waals surface area contributed by atoms with Crippen molar-refractivity contribution in [1.82, 2.24) is 4.72 Å². The van der Waals surface area contributed by atoms with E-state index >= 15 is 0 Å². The lowest BCUT2D eigenvalue weighted by molar-refractivity contribution is 0.110. The summed E-state index contributed by atoms with van der Waals surface area (Å²) in [4.78, 5) is 0.882. The lowest BCUT2D eigenvalue weighted by Crippen LogP contribution is -2.28. The van der Waals surface area contributed by atoms with Crippen LogP contribution in [0.4, 0.5) is 0 Å². The van der Waals surface area contributed by atoms with Gasteiger partial charge in [-0.25, -0.2) is 13.1 Å². The minimum Gasteiger partial charge on any atom is -0.375 e. The Morgan fingerprint density at radius 2 is 2.10 bits per heavy atom. The van der Waals surface area contributed by atoms with Gasteiger partial charge >= 0.3 is 0 Å². The van der Waals surface area contributed by atoms with E-state index in [1.165, 1.54) is 18.4 Å². The van der Waals surface area contributed by atoms with Crippen LogP contribution in [0.2, 0.25) is 4.34 Å². The number of hydrogen-bond donors (Lipinski definition) is 1. The van der Waals surface area contributed by atoms with Crippen LogP contribution in [0, 0.1) is 0 Å². The van der Waals surface area contributed by atoms with Crippen molar-refractivity contribution in [3.05, 3.63) is 37.3 Å². The van der Waals surface area contributed by atoms with Gasteiger partial charge in [0.05, 0.1) is 8.12 Å². The Morgan fingerprint density at radius 3 is 2.60 bits per heavy atom. The Labute approximate surface area is 138 Å². The monoisotopic (exact) mass is 415 g/mol. The van der Waals surface area contributed by atoms with Crippen molar-refractivity contribution in [2.75, 3.05) is 13.7 Å². The van der Waals surface area contributed by atoms with Gasteiger partial charge in [-0.2, -0.15) is 0 Å². The largest absolute Gasteiger partial charge is 0.375 e. The van der Waals surface area contributed by atoms with Crippen molar-refractivity contribution in [1.29, 1.82) is 0 Å². The third-order valence-electron chi connectivity index (χ3n) is 2.47. The maximum atomic E-state index is 12.1. The zero-order valence-electron chi connectivity index (χ0n) is 10.3. The summed E-state index contributed by atoms with van der Waals surface area (Å²) >= 11 is 11.6. The highest BCUT2D eigenvalue weighted by Gasteiger charge is 2.20. The van der Waals surface area contributed by atoms with Gasteiger partial charge in [-0.1, -0.05) is 11.6 Å². The van der Waals surface area contributed by atoms with Gasteiger partial charge in [-0.3, -0.25) is 0 Å². The second-order valence-corrected chi connectivity index (χ2v) is 9.98. The van der Waals surface area contributed by atoms with Crippen LogP contribution in [0.1, 0.15) is 11.0 Å². The first-order valence-corrected chi connectivity index (χ1v) is 9.74. The first kappa shape index (κ1) is 16.4. The van der Waals surface area contributed by atoms with E-state index in [0.29, 0.717) is 4.34 Å². The van der Waals surface area contributed by atoms with E-state index in [2.05, 4.69) is 20.7 Å². The molecule has 0 saturated heterocycles. The summed E-state index contributed by atoms with van der Waals surface area (Å²) in [7, 11) is -1.98. The highest BCUT2D eigenvalue weighted by Crippen LogP contribution is 2.29. The van der Waals surface area contributed by atoms with E-state index in [1.54, 1.807) is 18.2 Å². The van der Waals surface area contributed by atoms with Gasteiger partial charge in [0.25, 0.3) is 0 Å². The van der Waals surface area contributed by atoms with Crippen LogP contribution < -0.4 is 4.72 Å². The van der Waals surface area contributed by atoms with E-state index in [0.717, 1.165) is 20.0 Å². The van der Waals surface area contributed by atoms with Gasteiger partial charge < -0.3 is 4.74 Å². The average Bonchev–Trinajstić information content (AvgIpc) is 2.99. The fourth-order valence-corrected chi connectivity index (χ4v) is 5.72. The summed E-state index contributed by atoms with van der Waals surface area (Å²) < 4.78 is 33.7. The van der Waals surface area contributed by atoms with Crippen LogP contribution in [0.5, 0.6) is 0 Å². The van der Waals surface area contributed by atoms with Crippen molar-refractivity contribution < 1.29 is 13.2 Å². The number of hydrogen-bond acceptors (Lipinski definition) is 5. The highest BCUT2D eigenvalue weighted by atomic mass is 79.9. The molecule has 1 N–H and O–H groups in total. The molecule has 9 heteroatoms. The van der Waals surface area contributed by atoms with Crippen molar-refractivity contribution in [2.24, 2.45) is 0 Å². The molecular formula is C11H11BrClNO3S3. The van der Waals surface area contributed by atoms with Crippen LogP contribution in [0.3, 0.4) is 0 Å². The van der Waals surface area contributed by atoms with Crippen LogP contribution in [0.15, 0.2) is 32.3 Å². The van der Waals surface area contributed by atoms with Gasteiger partial charge in [-0.05, 0) is 40.2 Å². The molecule has 0 spiro atoms. The highest BCUT2D eigenvalue weighted by molar-refractivity contribution is 9.11. The van der Waals surface area contributed by atoms with E-state index in [1.807, 2.05) is 6.07 Å². The number of halogens is 2. The molecule has 2 aromatic heterocycles. The zero-order valence-corrected chi connectivity index (χ0v) is 15.1. The van der Waals surface area contributed by atoms with E-state index < -0.39 is 10.0 Å². The molecule has 0 amide bonds. The standard InChI is InChI=1S/C11H11BrClNO3S3/c1-17-7(8-2-4-10(13)18-8)6-14-20(15,16)11-5-3-9(12)19-11/h2-5,7,14H,6H2,1H3/t7-/m0/s1. The maximum Gasteiger partial charge on any atom is 0.250 e. The molecular weight excluding hydrogens is 406 g/mol. The Bertz CT molecular complexity index is 683. The van der Waals surface area contributed by atoms with Crippen molar-refractivity contribution >= 4 is 60.2 Å². The molecule has 110 valence electrons. The Morgan fingerprint density at radius 1 is 1.35 bits per heavy atom. The first-order valence-electron chi connectivity index (χ1n) is 5.45. The maximum absolute atomic E-state index is 12.1. The summed E-state index contributed by atoms with van der Waals surface area (Å²) in [6, 6.07) is 6.85. The predicted molar refractivity (Wildman–Crippen MR) is 86.3 cm³/mol. The minimum atomic E-state index is -3.52. The summed E-state index contributed by atoms with van der Waals surface area (Å²) in [6.45, 7) is 0.158. The first-order chi connectivity index (χ1) is 9.42. The fourth-order valence-electron chi connectivity index (χ4n) is 1.50. The number of rotatable bonds is 6. The molecule has 0 fully saturated rings. The van der Waals surface area contributed by atoms with E-state index in [-0.39, 0.29) is 16.9 Å². The van der Waals surface area contributed by atoms with Crippen molar-refractivity contribution in [3.8, 4) is 0 Å². The molecule has 0 bridgehead atoms. The normalized spacial score (nSPS) is 13.6. The number of thiophene rings is 2. The zero-order chi connectivity index (χ0) is 14.8. The van der Waals surface area contributed by atoms with E-state index in [9.17, 15) is 8.42 Å². The molecule has 2 rings (SSSR count). The Kier molecular flexibility index (Phi) is 5.63. The fraction of sp³-hybridized carbons (Fsp3) is 0.273. The summed E-state index contributed by atoms with van der Waals surface area (Å²) in [5.41, 5.74) is 0. The molecule has 0 aliphatic rings. The minimum absolute atomic E-state index is 0.158. The van der Waals surface area contributed by atoms with Gasteiger partial charge in [0.1, 0.15) is 10.3 Å². The smallest absolute Gasteiger partial charge is 0.250 e. The molecule has 0 unspecified atom stereocenters. The molecule has 0 radical (unpaired) electrons. The number of sulfonamides is 1. The van der Waals surface area contributed by atoms with E-state index in [4.69, 9.17) is 16.3 Å². The number of ether oxygens (including phenoxy) is 1. The number of methoxy groups -OCH3 is 1. The molecule has 4 nitrogen and oxygen atoms in total. The van der Waals surface area contributed by atoms with Crippen LogP contribution in [-0.2, 0) is 14.8 Å². The molecule has 2 aromatic rings. The second-order valence-electron chi connectivity index (χ2n) is 3.78. The average molecular weight is 417 g/mol. The molecule has 0 aromatic carbocycles. The summed E-state index contributed by atoms with van der Waals surface area (Å²) in [6.07, 6.45) is -0.356. The summed E-state index contributed by atoms with van der Waals surface area (Å²) in [5, 5.41) is 0. The quantitative estimate of drug-likeness (QED) is 0.777. The molecule has 0 saturated carbocycles. The van der Waals surface area contributed by atoms with Gasteiger partial charge in [0.15, 0.2) is 0 Å². The lowest BCUT2D eigenvalue weighted by atomic mass is 10.3. The molecule has 0 aliphatic carbocycles. The molecule has 2 heterocycles. The van der Waals surface area contributed by atoms with Gasteiger partial charge in [0.2, 0.25) is 10.0 Å². The number of nitrogens with one attached hydrogen (secondary N) is 1.